The third-order valence-corrected chi connectivity index (χ3v) is 2.87. The lowest BCUT2D eigenvalue weighted by molar-refractivity contribution is 0.264. The van der Waals surface area contributed by atoms with Crippen LogP contribution in [0.15, 0.2) is 10.6 Å². The molecule has 0 aliphatic heterocycles. The van der Waals surface area contributed by atoms with Crippen LogP contribution in [0.5, 0.6) is 0 Å². The van der Waals surface area contributed by atoms with E-state index in [-0.39, 0.29) is 0 Å². The Hall–Kier alpha value is -0.870. The molecule has 90 valence electrons. The normalized spacial score (nSPS) is 16.3. The van der Waals surface area contributed by atoms with E-state index in [2.05, 4.69) is 36.3 Å². The maximum absolute atomic E-state index is 5.31. The maximum Gasteiger partial charge on any atom is 0.151 e. The molecule has 1 saturated carbocycles. The summed E-state index contributed by atoms with van der Waals surface area (Å²) in [7, 11) is 2.15. The maximum atomic E-state index is 5.31. The second-order valence-corrected chi connectivity index (χ2v) is 4.97. The Morgan fingerprint density at radius 3 is 2.94 bits per heavy atom. The SMILES string of the molecule is CC(C)NCc1cc(CN(C)C2CC2)on1. The predicted octanol–water partition coefficient (Wildman–Crippen LogP) is 1.77. The van der Waals surface area contributed by atoms with Gasteiger partial charge in [0.1, 0.15) is 0 Å². The highest BCUT2D eigenvalue weighted by molar-refractivity contribution is 5.05. The highest BCUT2D eigenvalue weighted by Gasteiger charge is 2.26. The van der Waals surface area contributed by atoms with Gasteiger partial charge < -0.3 is 9.84 Å². The van der Waals surface area contributed by atoms with E-state index in [0.717, 1.165) is 30.6 Å². The molecule has 1 aliphatic carbocycles. The molecule has 0 spiro atoms. The van der Waals surface area contributed by atoms with Crippen molar-refractivity contribution in [3.63, 3.8) is 0 Å². The number of nitrogens with zero attached hydrogens (tertiary/aromatic N) is 2. The van der Waals surface area contributed by atoms with E-state index < -0.39 is 0 Å². The molecular weight excluding hydrogens is 202 g/mol. The van der Waals surface area contributed by atoms with Gasteiger partial charge >= 0.3 is 0 Å². The van der Waals surface area contributed by atoms with Gasteiger partial charge in [-0.1, -0.05) is 19.0 Å². The van der Waals surface area contributed by atoms with Crippen LogP contribution in [0, 0.1) is 0 Å². The van der Waals surface area contributed by atoms with Crippen molar-refractivity contribution in [2.24, 2.45) is 0 Å². The third-order valence-electron chi connectivity index (χ3n) is 2.87. The Kier molecular flexibility index (Phi) is 3.61. The summed E-state index contributed by atoms with van der Waals surface area (Å²) in [5, 5.41) is 7.38. The predicted molar refractivity (Wildman–Crippen MR) is 63.0 cm³/mol. The smallest absolute Gasteiger partial charge is 0.151 e. The highest BCUT2D eigenvalue weighted by atomic mass is 16.5. The fourth-order valence-corrected chi connectivity index (χ4v) is 1.71. The van der Waals surface area contributed by atoms with Gasteiger partial charge in [-0.05, 0) is 19.9 Å². The van der Waals surface area contributed by atoms with Crippen molar-refractivity contribution in [1.82, 2.24) is 15.4 Å². The highest BCUT2D eigenvalue weighted by Crippen LogP contribution is 2.26. The molecule has 1 heterocycles. The molecular formula is C12H21N3O. The lowest BCUT2D eigenvalue weighted by atomic mass is 10.3. The van der Waals surface area contributed by atoms with Crippen LogP contribution in [0.3, 0.4) is 0 Å². The van der Waals surface area contributed by atoms with Crippen molar-refractivity contribution >= 4 is 0 Å². The van der Waals surface area contributed by atoms with E-state index in [1.807, 2.05) is 6.07 Å². The van der Waals surface area contributed by atoms with E-state index in [1.54, 1.807) is 0 Å². The van der Waals surface area contributed by atoms with Crippen molar-refractivity contribution in [2.75, 3.05) is 7.05 Å². The van der Waals surface area contributed by atoms with Crippen LogP contribution >= 0.6 is 0 Å². The van der Waals surface area contributed by atoms with Gasteiger partial charge in [0.15, 0.2) is 5.76 Å². The summed E-state index contributed by atoms with van der Waals surface area (Å²) in [5.41, 5.74) is 0.993. The molecule has 2 rings (SSSR count). The first-order valence-corrected chi connectivity index (χ1v) is 6.03. The zero-order valence-corrected chi connectivity index (χ0v) is 10.4. The van der Waals surface area contributed by atoms with Gasteiger partial charge in [0.2, 0.25) is 0 Å². The van der Waals surface area contributed by atoms with E-state index in [0.29, 0.717) is 6.04 Å². The van der Waals surface area contributed by atoms with Gasteiger partial charge in [0, 0.05) is 24.7 Å². The molecule has 4 nitrogen and oxygen atoms in total. The van der Waals surface area contributed by atoms with Crippen molar-refractivity contribution in [3.05, 3.63) is 17.5 Å². The Morgan fingerprint density at radius 1 is 1.56 bits per heavy atom. The summed E-state index contributed by atoms with van der Waals surface area (Å²) in [6.07, 6.45) is 2.65. The van der Waals surface area contributed by atoms with Crippen LogP contribution < -0.4 is 5.32 Å². The molecule has 1 aliphatic rings. The number of nitrogens with one attached hydrogen (secondary N) is 1. The zero-order chi connectivity index (χ0) is 11.5. The lowest BCUT2D eigenvalue weighted by Crippen LogP contribution is -2.22. The number of hydrogen-bond donors (Lipinski definition) is 1. The molecule has 0 radical (unpaired) electrons. The minimum Gasteiger partial charge on any atom is -0.360 e. The molecule has 0 saturated heterocycles. The Morgan fingerprint density at radius 2 is 2.31 bits per heavy atom. The van der Waals surface area contributed by atoms with Crippen LogP contribution in [-0.2, 0) is 13.1 Å². The minimum absolute atomic E-state index is 0.481. The average Bonchev–Trinajstić information content (AvgIpc) is 2.98. The summed E-state index contributed by atoms with van der Waals surface area (Å²) in [6, 6.07) is 3.30. The van der Waals surface area contributed by atoms with Crippen LogP contribution in [0.4, 0.5) is 0 Å². The van der Waals surface area contributed by atoms with Gasteiger partial charge in [-0.15, -0.1) is 0 Å². The fraction of sp³-hybridized carbons (Fsp3) is 0.750. The standard InChI is InChI=1S/C12H21N3O/c1-9(2)13-7-10-6-12(16-14-10)8-15(3)11-4-5-11/h6,9,11,13H,4-5,7-8H2,1-3H3. The zero-order valence-electron chi connectivity index (χ0n) is 10.4. The molecule has 16 heavy (non-hydrogen) atoms. The van der Waals surface area contributed by atoms with Gasteiger partial charge in [0.05, 0.1) is 12.2 Å². The van der Waals surface area contributed by atoms with Crippen molar-refractivity contribution < 1.29 is 4.52 Å². The van der Waals surface area contributed by atoms with Crippen LogP contribution in [0.25, 0.3) is 0 Å². The number of aromatic nitrogens is 1. The summed E-state index contributed by atoms with van der Waals surface area (Å²) >= 11 is 0. The van der Waals surface area contributed by atoms with Gasteiger partial charge in [-0.3, -0.25) is 4.90 Å². The van der Waals surface area contributed by atoms with E-state index in [4.69, 9.17) is 4.52 Å². The summed E-state index contributed by atoms with van der Waals surface area (Å²) in [6.45, 7) is 5.91. The molecule has 1 fully saturated rings. The largest absolute Gasteiger partial charge is 0.360 e. The van der Waals surface area contributed by atoms with E-state index in [1.165, 1.54) is 12.8 Å². The van der Waals surface area contributed by atoms with E-state index in [9.17, 15) is 0 Å². The molecule has 1 N–H and O–H groups in total. The first-order chi connectivity index (χ1) is 7.65. The molecule has 1 aromatic rings. The molecule has 0 bridgehead atoms. The van der Waals surface area contributed by atoms with E-state index >= 15 is 0 Å². The van der Waals surface area contributed by atoms with Gasteiger partial charge in [-0.2, -0.15) is 0 Å². The molecule has 4 heteroatoms. The van der Waals surface area contributed by atoms with Crippen molar-refractivity contribution in [2.45, 2.75) is 51.9 Å². The van der Waals surface area contributed by atoms with Crippen LogP contribution in [0.1, 0.15) is 38.1 Å². The van der Waals surface area contributed by atoms with Gasteiger partial charge in [-0.25, -0.2) is 0 Å². The number of hydrogen-bond acceptors (Lipinski definition) is 4. The summed E-state index contributed by atoms with van der Waals surface area (Å²) < 4.78 is 5.31. The van der Waals surface area contributed by atoms with Crippen LogP contribution in [-0.4, -0.2) is 29.2 Å². The topological polar surface area (TPSA) is 41.3 Å². The second-order valence-electron chi connectivity index (χ2n) is 4.97. The summed E-state index contributed by atoms with van der Waals surface area (Å²) in [4.78, 5) is 2.33. The Labute approximate surface area is 97.0 Å². The first-order valence-electron chi connectivity index (χ1n) is 6.03. The third kappa shape index (κ3) is 3.32. The quantitative estimate of drug-likeness (QED) is 0.798. The van der Waals surface area contributed by atoms with Crippen molar-refractivity contribution in [3.8, 4) is 0 Å². The second kappa shape index (κ2) is 4.97. The minimum atomic E-state index is 0.481. The monoisotopic (exact) mass is 223 g/mol. The summed E-state index contributed by atoms with van der Waals surface area (Å²) in [5.74, 6) is 0.968. The molecule has 0 unspecified atom stereocenters. The lowest BCUT2D eigenvalue weighted by Gasteiger charge is -2.12. The molecule has 1 aromatic heterocycles. The fourth-order valence-electron chi connectivity index (χ4n) is 1.71. The van der Waals surface area contributed by atoms with Gasteiger partial charge in [0.25, 0.3) is 0 Å². The average molecular weight is 223 g/mol. The Balaban J connectivity index is 1.81. The number of rotatable bonds is 6. The Bertz CT molecular complexity index is 331. The first kappa shape index (κ1) is 11.6. The molecule has 0 atom stereocenters. The van der Waals surface area contributed by atoms with Crippen LogP contribution in [0.2, 0.25) is 0 Å². The molecule has 0 amide bonds. The van der Waals surface area contributed by atoms with Crippen molar-refractivity contribution in [1.29, 1.82) is 0 Å². The molecule has 0 aromatic carbocycles.